The molecule has 21 heavy (non-hydrogen) atoms. The minimum Gasteiger partial charge on any atom is -0.383 e. The minimum atomic E-state index is 0.280. The van der Waals surface area contributed by atoms with E-state index in [1.807, 2.05) is 4.90 Å². The highest BCUT2D eigenvalue weighted by molar-refractivity contribution is 5.81. The molecule has 0 bridgehead atoms. The van der Waals surface area contributed by atoms with E-state index < -0.39 is 0 Å². The Bertz CT molecular complexity index is 367. The van der Waals surface area contributed by atoms with Crippen LogP contribution in [0.3, 0.4) is 0 Å². The molecule has 0 aromatic carbocycles. The van der Waals surface area contributed by atoms with Crippen LogP contribution in [-0.4, -0.2) is 63.2 Å². The van der Waals surface area contributed by atoms with Crippen LogP contribution in [0.2, 0.25) is 0 Å². The van der Waals surface area contributed by atoms with Gasteiger partial charge in [0.25, 0.3) is 0 Å². The number of nitrogens with one attached hydrogen (secondary N) is 2. The lowest BCUT2D eigenvalue weighted by Gasteiger charge is -2.21. The lowest BCUT2D eigenvalue weighted by Crippen LogP contribution is -2.46. The summed E-state index contributed by atoms with van der Waals surface area (Å²) in [6.07, 6.45) is 5.56. The van der Waals surface area contributed by atoms with E-state index in [1.54, 1.807) is 14.2 Å². The highest BCUT2D eigenvalue weighted by Crippen LogP contribution is 2.27. The second-order valence-corrected chi connectivity index (χ2v) is 5.89. The molecule has 1 saturated heterocycles. The smallest absolute Gasteiger partial charge is 0.225 e. The van der Waals surface area contributed by atoms with Gasteiger partial charge in [-0.3, -0.25) is 9.79 Å². The van der Waals surface area contributed by atoms with Crippen molar-refractivity contribution in [1.82, 2.24) is 15.5 Å². The molecule has 6 heteroatoms. The van der Waals surface area contributed by atoms with Gasteiger partial charge in [-0.05, 0) is 19.3 Å². The van der Waals surface area contributed by atoms with E-state index in [0.29, 0.717) is 18.6 Å². The molecule has 1 aliphatic carbocycles. The summed E-state index contributed by atoms with van der Waals surface area (Å²) in [6, 6.07) is 0.295. The second-order valence-electron chi connectivity index (χ2n) is 5.89. The first-order chi connectivity index (χ1) is 10.2. The predicted octanol–water partition coefficient (Wildman–Crippen LogP) is 0.589. The van der Waals surface area contributed by atoms with Crippen LogP contribution in [-0.2, 0) is 9.53 Å². The van der Waals surface area contributed by atoms with Gasteiger partial charge in [0, 0.05) is 45.8 Å². The van der Waals surface area contributed by atoms with Crippen molar-refractivity contribution < 1.29 is 9.53 Å². The molecule has 6 nitrogen and oxygen atoms in total. The summed E-state index contributed by atoms with van der Waals surface area (Å²) in [6.45, 7) is 3.04. The Hall–Kier alpha value is -1.30. The number of rotatable bonds is 5. The molecule has 1 unspecified atom stereocenters. The van der Waals surface area contributed by atoms with E-state index in [2.05, 4.69) is 15.6 Å². The van der Waals surface area contributed by atoms with Gasteiger partial charge in [0.15, 0.2) is 5.96 Å². The number of carbonyl (C=O) groups is 1. The van der Waals surface area contributed by atoms with Crippen molar-refractivity contribution in [2.75, 3.05) is 40.4 Å². The molecule has 0 aromatic heterocycles. The summed E-state index contributed by atoms with van der Waals surface area (Å²) >= 11 is 0. The number of likely N-dealkylation sites (tertiary alicyclic amines) is 1. The van der Waals surface area contributed by atoms with E-state index in [0.717, 1.165) is 44.9 Å². The van der Waals surface area contributed by atoms with Crippen molar-refractivity contribution in [3.63, 3.8) is 0 Å². The lowest BCUT2D eigenvalue weighted by molar-refractivity contribution is -0.134. The number of carbonyl (C=O) groups excluding carboxylic acids is 1. The largest absolute Gasteiger partial charge is 0.383 e. The van der Waals surface area contributed by atoms with Gasteiger partial charge in [0.1, 0.15) is 0 Å². The molecule has 2 rings (SSSR count). The number of guanidine groups is 1. The average molecular weight is 296 g/mol. The van der Waals surface area contributed by atoms with Crippen molar-refractivity contribution in [2.45, 2.75) is 38.1 Å². The van der Waals surface area contributed by atoms with Crippen LogP contribution in [0.25, 0.3) is 0 Å². The summed E-state index contributed by atoms with van der Waals surface area (Å²) in [5, 5.41) is 6.60. The summed E-state index contributed by atoms with van der Waals surface area (Å²) in [5.74, 6) is 1.43. The molecule has 2 fully saturated rings. The van der Waals surface area contributed by atoms with Gasteiger partial charge in [-0.2, -0.15) is 0 Å². The van der Waals surface area contributed by atoms with Crippen molar-refractivity contribution in [3.8, 4) is 0 Å². The fourth-order valence-electron chi connectivity index (χ4n) is 3.17. The molecule has 1 heterocycles. The topological polar surface area (TPSA) is 66.0 Å². The minimum absolute atomic E-state index is 0.280. The lowest BCUT2D eigenvalue weighted by atomic mass is 10.1. The Kier molecular flexibility index (Phi) is 6.29. The number of nitrogens with zero attached hydrogens (tertiary/aromatic N) is 2. The van der Waals surface area contributed by atoms with E-state index in [4.69, 9.17) is 4.74 Å². The van der Waals surface area contributed by atoms with Crippen molar-refractivity contribution >= 4 is 11.9 Å². The molecule has 1 amide bonds. The zero-order chi connectivity index (χ0) is 15.1. The molecule has 1 saturated carbocycles. The molecule has 0 radical (unpaired) electrons. The van der Waals surface area contributed by atoms with Crippen LogP contribution in [0.5, 0.6) is 0 Å². The molecular weight excluding hydrogens is 268 g/mol. The van der Waals surface area contributed by atoms with Gasteiger partial charge in [0.05, 0.1) is 6.61 Å². The molecule has 2 aliphatic rings. The van der Waals surface area contributed by atoms with Gasteiger partial charge in [0.2, 0.25) is 5.91 Å². The first-order valence-electron chi connectivity index (χ1n) is 7.99. The second kappa shape index (κ2) is 8.22. The molecule has 1 atom stereocenters. The number of hydrogen-bond acceptors (Lipinski definition) is 3. The average Bonchev–Trinajstić information content (AvgIpc) is 3.17. The number of ether oxygens (including phenoxy) is 1. The maximum absolute atomic E-state index is 12.4. The zero-order valence-corrected chi connectivity index (χ0v) is 13.2. The van der Waals surface area contributed by atoms with E-state index in [9.17, 15) is 4.79 Å². The van der Waals surface area contributed by atoms with Crippen LogP contribution in [0, 0.1) is 5.92 Å². The Morgan fingerprint density at radius 2 is 2.10 bits per heavy atom. The fraction of sp³-hybridized carbons (Fsp3) is 0.867. The summed E-state index contributed by atoms with van der Waals surface area (Å²) in [7, 11) is 3.44. The van der Waals surface area contributed by atoms with Gasteiger partial charge < -0.3 is 20.3 Å². The van der Waals surface area contributed by atoms with Crippen LogP contribution in [0.15, 0.2) is 4.99 Å². The standard InChI is InChI=1S/C15H28N4O2/c1-16-15(17-8-10-21-2)18-13-7-9-19(11-13)14(20)12-5-3-4-6-12/h12-13H,3-11H2,1-2H3,(H2,16,17,18). The Balaban J connectivity index is 1.74. The zero-order valence-electron chi connectivity index (χ0n) is 13.2. The summed E-state index contributed by atoms with van der Waals surface area (Å²) in [4.78, 5) is 18.6. The number of amides is 1. The van der Waals surface area contributed by atoms with Crippen LogP contribution in [0.4, 0.5) is 0 Å². The highest BCUT2D eigenvalue weighted by atomic mass is 16.5. The normalized spacial score (nSPS) is 23.6. The maximum Gasteiger partial charge on any atom is 0.225 e. The summed E-state index contributed by atoms with van der Waals surface area (Å²) in [5.41, 5.74) is 0. The van der Waals surface area contributed by atoms with Gasteiger partial charge in [-0.1, -0.05) is 12.8 Å². The van der Waals surface area contributed by atoms with Crippen molar-refractivity contribution in [2.24, 2.45) is 10.9 Å². The van der Waals surface area contributed by atoms with E-state index >= 15 is 0 Å². The number of hydrogen-bond donors (Lipinski definition) is 2. The summed E-state index contributed by atoms with van der Waals surface area (Å²) < 4.78 is 5.01. The molecular formula is C15H28N4O2. The monoisotopic (exact) mass is 296 g/mol. The third-order valence-corrected chi connectivity index (χ3v) is 4.37. The van der Waals surface area contributed by atoms with Gasteiger partial charge in [-0.25, -0.2) is 0 Å². The number of aliphatic imine (C=N–C) groups is 1. The SMILES string of the molecule is CN=C(NCCOC)NC1CCN(C(=O)C2CCCC2)C1. The number of methoxy groups -OCH3 is 1. The molecule has 2 N–H and O–H groups in total. The third-order valence-electron chi connectivity index (χ3n) is 4.37. The highest BCUT2D eigenvalue weighted by Gasteiger charge is 2.32. The fourth-order valence-corrected chi connectivity index (χ4v) is 3.17. The Morgan fingerprint density at radius 3 is 2.76 bits per heavy atom. The molecule has 0 aromatic rings. The van der Waals surface area contributed by atoms with Crippen LogP contribution >= 0.6 is 0 Å². The molecule has 0 spiro atoms. The first-order valence-corrected chi connectivity index (χ1v) is 7.99. The van der Waals surface area contributed by atoms with Gasteiger partial charge in [-0.15, -0.1) is 0 Å². The third kappa shape index (κ3) is 4.59. The Morgan fingerprint density at radius 1 is 1.33 bits per heavy atom. The maximum atomic E-state index is 12.4. The Labute approximate surface area is 127 Å². The van der Waals surface area contributed by atoms with E-state index in [1.165, 1.54) is 12.8 Å². The van der Waals surface area contributed by atoms with Crippen LogP contribution in [0.1, 0.15) is 32.1 Å². The predicted molar refractivity (Wildman–Crippen MR) is 83.3 cm³/mol. The molecule has 120 valence electrons. The van der Waals surface area contributed by atoms with E-state index in [-0.39, 0.29) is 5.92 Å². The quantitative estimate of drug-likeness (QED) is 0.443. The molecule has 1 aliphatic heterocycles. The first kappa shape index (κ1) is 16.1. The van der Waals surface area contributed by atoms with Crippen LogP contribution < -0.4 is 10.6 Å². The van der Waals surface area contributed by atoms with Crippen molar-refractivity contribution in [1.29, 1.82) is 0 Å². The van der Waals surface area contributed by atoms with Crippen molar-refractivity contribution in [3.05, 3.63) is 0 Å². The van der Waals surface area contributed by atoms with Gasteiger partial charge >= 0.3 is 0 Å².